The first kappa shape index (κ1) is 24.7. The molecule has 3 aromatic carbocycles. The van der Waals surface area contributed by atoms with Crippen LogP contribution in [0.1, 0.15) is 16.7 Å². The molecule has 0 bridgehead atoms. The third kappa shape index (κ3) is 8.52. The molecule has 3 rings (SSSR count). The first-order valence-corrected chi connectivity index (χ1v) is 11.2. The van der Waals surface area contributed by atoms with E-state index in [4.69, 9.17) is 0 Å². The van der Waals surface area contributed by atoms with Gasteiger partial charge in [-0.15, -0.1) is 0 Å². The summed E-state index contributed by atoms with van der Waals surface area (Å²) in [5.41, 5.74) is 2.24. The van der Waals surface area contributed by atoms with Gasteiger partial charge in [0.05, 0.1) is 19.6 Å². The summed E-state index contributed by atoms with van der Waals surface area (Å²) in [5, 5.41) is 29.3. The molecule has 3 aromatic rings. The van der Waals surface area contributed by atoms with E-state index in [9.17, 15) is 15.3 Å². The van der Waals surface area contributed by atoms with Gasteiger partial charge in [-0.2, -0.15) is 0 Å². The minimum atomic E-state index is 0.211. The summed E-state index contributed by atoms with van der Waals surface area (Å²) in [6, 6.07) is 21.2. The third-order valence-electron chi connectivity index (χ3n) is 5.08. The van der Waals surface area contributed by atoms with Crippen LogP contribution in [0.4, 0.5) is 0 Å². The van der Waals surface area contributed by atoms with Gasteiger partial charge >= 0.3 is 0 Å². The predicted octanol–water partition coefficient (Wildman–Crippen LogP) is 3.76. The van der Waals surface area contributed by atoms with Gasteiger partial charge < -0.3 is 15.3 Å². The van der Waals surface area contributed by atoms with Crippen LogP contribution < -0.4 is 0 Å². The number of aromatic hydroxyl groups is 3. The molecule has 7 nitrogen and oxygen atoms in total. The molecule has 0 aliphatic rings. The molecule has 0 aliphatic heterocycles. The number of aliphatic imine (C=N–C) groups is 3. The Morgan fingerprint density at radius 2 is 1.09 bits per heavy atom. The van der Waals surface area contributed by atoms with Crippen LogP contribution in [-0.2, 0) is 0 Å². The summed E-state index contributed by atoms with van der Waals surface area (Å²) in [5.74, 6) is 0.640. The molecule has 3 N–H and O–H groups in total. The van der Waals surface area contributed by atoms with Gasteiger partial charge in [-0.25, -0.2) is 0 Å². The van der Waals surface area contributed by atoms with Gasteiger partial charge in [-0.3, -0.25) is 19.9 Å². The van der Waals surface area contributed by atoms with Crippen molar-refractivity contribution in [1.29, 1.82) is 0 Å². The van der Waals surface area contributed by atoms with Crippen molar-refractivity contribution in [2.75, 3.05) is 39.3 Å². The smallest absolute Gasteiger partial charge is 0.124 e. The van der Waals surface area contributed by atoms with Crippen LogP contribution in [0.25, 0.3) is 0 Å². The molecule has 0 fully saturated rings. The number of nitrogens with zero attached hydrogens (tertiary/aromatic N) is 4. The second-order valence-corrected chi connectivity index (χ2v) is 7.66. The van der Waals surface area contributed by atoms with E-state index in [2.05, 4.69) is 19.9 Å². The number of rotatable bonds is 12. The Kier molecular flexibility index (Phi) is 9.83. The minimum Gasteiger partial charge on any atom is -0.508 e. The van der Waals surface area contributed by atoms with Gasteiger partial charge in [0.2, 0.25) is 0 Å². The van der Waals surface area contributed by atoms with Crippen molar-refractivity contribution in [2.24, 2.45) is 15.0 Å². The lowest BCUT2D eigenvalue weighted by Gasteiger charge is -2.19. The largest absolute Gasteiger partial charge is 0.508 e. The van der Waals surface area contributed by atoms with Gasteiger partial charge in [0.1, 0.15) is 17.2 Å². The van der Waals surface area contributed by atoms with Crippen LogP contribution in [-0.4, -0.2) is 78.1 Å². The molecule has 0 aromatic heterocycles. The molecule has 0 radical (unpaired) electrons. The third-order valence-corrected chi connectivity index (χ3v) is 5.08. The fourth-order valence-electron chi connectivity index (χ4n) is 3.23. The molecule has 0 unspecified atom stereocenters. The lowest BCUT2D eigenvalue weighted by molar-refractivity contribution is 0.298. The monoisotopic (exact) mass is 458 g/mol. The zero-order valence-corrected chi connectivity index (χ0v) is 19.0. The topological polar surface area (TPSA) is 101 Å². The van der Waals surface area contributed by atoms with Crippen molar-refractivity contribution in [1.82, 2.24) is 4.90 Å². The quantitative estimate of drug-likeness (QED) is 0.360. The molecule has 0 spiro atoms. The van der Waals surface area contributed by atoms with E-state index in [0.717, 1.165) is 25.2 Å². The Bertz CT molecular complexity index is 1070. The Morgan fingerprint density at radius 1 is 0.588 bits per heavy atom. The highest BCUT2D eigenvalue weighted by molar-refractivity contribution is 5.83. The van der Waals surface area contributed by atoms with Crippen molar-refractivity contribution >= 4 is 18.6 Å². The second-order valence-electron chi connectivity index (χ2n) is 7.66. The molecule has 0 saturated heterocycles. The number of phenols is 3. The van der Waals surface area contributed by atoms with Gasteiger partial charge in [0, 0.05) is 49.4 Å². The minimum absolute atomic E-state index is 0.211. The summed E-state index contributed by atoms with van der Waals surface area (Å²) in [6.07, 6.45) is 5.12. The van der Waals surface area contributed by atoms with E-state index in [1.54, 1.807) is 61.1 Å². The Balaban J connectivity index is 1.53. The highest BCUT2D eigenvalue weighted by Crippen LogP contribution is 2.13. The molecule has 0 aliphatic carbocycles. The first-order valence-electron chi connectivity index (χ1n) is 11.2. The molecule has 0 atom stereocenters. The fraction of sp³-hybridized carbons (Fsp3) is 0.222. The average molecular weight is 459 g/mol. The predicted molar refractivity (Wildman–Crippen MR) is 138 cm³/mol. The molecule has 34 heavy (non-hydrogen) atoms. The van der Waals surface area contributed by atoms with E-state index >= 15 is 0 Å². The summed E-state index contributed by atoms with van der Waals surface area (Å²) in [6.45, 7) is 3.92. The molecule has 7 heteroatoms. The molecule has 176 valence electrons. The summed E-state index contributed by atoms with van der Waals surface area (Å²) < 4.78 is 0. The maximum atomic E-state index is 9.86. The second kappa shape index (κ2) is 13.5. The number of para-hydroxylation sites is 2. The maximum Gasteiger partial charge on any atom is 0.124 e. The highest BCUT2D eigenvalue weighted by Gasteiger charge is 2.04. The van der Waals surface area contributed by atoms with E-state index in [0.29, 0.717) is 30.8 Å². The van der Waals surface area contributed by atoms with Crippen molar-refractivity contribution in [2.45, 2.75) is 0 Å². The van der Waals surface area contributed by atoms with Crippen molar-refractivity contribution in [3.05, 3.63) is 89.5 Å². The van der Waals surface area contributed by atoms with Crippen LogP contribution in [0, 0.1) is 0 Å². The summed E-state index contributed by atoms with van der Waals surface area (Å²) >= 11 is 0. The number of phenolic OH excluding ortho intramolecular Hbond substituents is 3. The van der Waals surface area contributed by atoms with E-state index in [1.807, 2.05) is 30.3 Å². The number of hydrogen-bond acceptors (Lipinski definition) is 7. The van der Waals surface area contributed by atoms with Crippen molar-refractivity contribution < 1.29 is 15.3 Å². The van der Waals surface area contributed by atoms with Gasteiger partial charge in [-0.05, 0) is 42.0 Å². The number of hydrogen-bond donors (Lipinski definition) is 3. The fourth-order valence-corrected chi connectivity index (χ4v) is 3.23. The normalized spacial score (nSPS) is 11.9. The van der Waals surface area contributed by atoms with Gasteiger partial charge in [-0.1, -0.05) is 36.4 Å². The molecular weight excluding hydrogens is 428 g/mol. The summed E-state index contributed by atoms with van der Waals surface area (Å²) in [4.78, 5) is 15.6. The van der Waals surface area contributed by atoms with Gasteiger partial charge in [0.15, 0.2) is 0 Å². The molecule has 0 heterocycles. The average Bonchev–Trinajstić information content (AvgIpc) is 2.83. The van der Waals surface area contributed by atoms with E-state index < -0.39 is 0 Å². The standard InChI is InChI=1S/C27H30N4O3/c32-25-9-5-6-22(18-25)19-28-12-15-31(16-13-29-20-23-7-1-3-10-26(23)33)17-14-30-21-24-8-2-4-11-27(24)34/h1-11,18-21,32-34H,12-17H2. The van der Waals surface area contributed by atoms with Crippen LogP contribution in [0.2, 0.25) is 0 Å². The Morgan fingerprint density at radius 3 is 1.59 bits per heavy atom. The molecule has 0 saturated carbocycles. The van der Waals surface area contributed by atoms with Crippen LogP contribution in [0.15, 0.2) is 87.8 Å². The SMILES string of the molecule is Oc1cccc(C=NCCN(CCN=Cc2ccccc2O)CCN=Cc2ccccc2O)c1. The van der Waals surface area contributed by atoms with Crippen LogP contribution in [0.5, 0.6) is 17.2 Å². The molecular formula is C27H30N4O3. The Hall–Kier alpha value is -3.97. The first-order chi connectivity index (χ1) is 16.6. The maximum absolute atomic E-state index is 9.86. The van der Waals surface area contributed by atoms with E-state index in [1.165, 1.54) is 0 Å². The number of benzene rings is 3. The van der Waals surface area contributed by atoms with Crippen LogP contribution >= 0.6 is 0 Å². The van der Waals surface area contributed by atoms with Gasteiger partial charge in [0.25, 0.3) is 0 Å². The lowest BCUT2D eigenvalue weighted by Crippen LogP contribution is -2.31. The highest BCUT2D eigenvalue weighted by atomic mass is 16.3. The summed E-state index contributed by atoms with van der Waals surface area (Å²) in [7, 11) is 0. The molecule has 0 amide bonds. The lowest BCUT2D eigenvalue weighted by atomic mass is 10.2. The van der Waals surface area contributed by atoms with E-state index in [-0.39, 0.29) is 17.2 Å². The van der Waals surface area contributed by atoms with Crippen LogP contribution in [0.3, 0.4) is 0 Å². The van der Waals surface area contributed by atoms with Crippen molar-refractivity contribution in [3.8, 4) is 17.2 Å². The zero-order chi connectivity index (χ0) is 24.0. The zero-order valence-electron chi connectivity index (χ0n) is 19.0. The van der Waals surface area contributed by atoms with Crippen molar-refractivity contribution in [3.63, 3.8) is 0 Å². The Labute approximate surface area is 200 Å².